The molecule has 0 aromatic heterocycles. The van der Waals surface area contributed by atoms with E-state index in [1.165, 1.54) is 0 Å². The van der Waals surface area contributed by atoms with Crippen molar-refractivity contribution in [1.29, 1.82) is 0 Å². The molecule has 25 heavy (non-hydrogen) atoms. The van der Waals surface area contributed by atoms with Crippen LogP contribution in [0.4, 0.5) is 32.0 Å². The Morgan fingerprint density at radius 3 is 1.96 bits per heavy atom. The molecule has 0 spiro atoms. The normalized spacial score (nSPS) is 12.6. The summed E-state index contributed by atoms with van der Waals surface area (Å²) in [5, 5.41) is 19.2. The van der Waals surface area contributed by atoms with E-state index < -0.39 is 52.5 Å². The van der Waals surface area contributed by atoms with E-state index in [1.54, 1.807) is 0 Å². The number of carboxylic acid groups (broad SMARTS) is 1. The standard InChI is InChI=1S/C12H7F6NO6/c13-11(14,15)10(9(21)22,12(16,17)18)5-25-8(20)6-3-1-2-4-7(6)19(23)24/h1-4H,5H2,(H,21,22). The maximum atomic E-state index is 12.8. The number of nitro groups is 1. The smallest absolute Gasteiger partial charge is 0.417 e. The number of esters is 1. The second-order valence-electron chi connectivity index (χ2n) is 4.56. The fraction of sp³-hybridized carbons (Fsp3) is 0.333. The van der Waals surface area contributed by atoms with Crippen LogP contribution in [-0.2, 0) is 9.53 Å². The van der Waals surface area contributed by atoms with Crippen molar-refractivity contribution < 1.29 is 50.7 Å². The largest absolute Gasteiger partial charge is 0.480 e. The van der Waals surface area contributed by atoms with Gasteiger partial charge in [0.15, 0.2) is 0 Å². The Labute approximate surface area is 133 Å². The van der Waals surface area contributed by atoms with Crippen LogP contribution in [0.1, 0.15) is 10.4 Å². The Bertz CT molecular complexity index is 684. The van der Waals surface area contributed by atoms with Gasteiger partial charge in [-0.05, 0) is 6.07 Å². The van der Waals surface area contributed by atoms with Crippen LogP contribution >= 0.6 is 0 Å². The van der Waals surface area contributed by atoms with E-state index in [2.05, 4.69) is 4.74 Å². The number of ether oxygens (including phenoxy) is 1. The molecule has 0 fully saturated rings. The molecule has 1 N–H and O–H groups in total. The minimum atomic E-state index is -6.35. The van der Waals surface area contributed by atoms with Gasteiger partial charge < -0.3 is 9.84 Å². The molecule has 0 aliphatic heterocycles. The van der Waals surface area contributed by atoms with Gasteiger partial charge in [-0.2, -0.15) is 26.3 Å². The van der Waals surface area contributed by atoms with Gasteiger partial charge in [-0.15, -0.1) is 0 Å². The zero-order valence-electron chi connectivity index (χ0n) is 11.7. The number of benzene rings is 1. The van der Waals surface area contributed by atoms with Crippen LogP contribution in [0, 0.1) is 15.5 Å². The van der Waals surface area contributed by atoms with Gasteiger partial charge in [-0.1, -0.05) is 12.1 Å². The third-order valence-electron chi connectivity index (χ3n) is 3.07. The van der Waals surface area contributed by atoms with E-state index in [4.69, 9.17) is 5.11 Å². The molecular weight excluding hydrogens is 368 g/mol. The van der Waals surface area contributed by atoms with Gasteiger partial charge in [-0.25, -0.2) is 4.79 Å². The molecule has 13 heteroatoms. The lowest BCUT2D eigenvalue weighted by atomic mass is 9.87. The molecule has 0 saturated heterocycles. The Balaban J connectivity index is 3.24. The molecule has 138 valence electrons. The van der Waals surface area contributed by atoms with E-state index in [0.29, 0.717) is 0 Å². The summed E-state index contributed by atoms with van der Waals surface area (Å²) in [5.74, 6) is -5.24. The molecule has 0 bridgehead atoms. The third kappa shape index (κ3) is 3.64. The quantitative estimate of drug-likeness (QED) is 0.367. The first-order chi connectivity index (χ1) is 11.3. The van der Waals surface area contributed by atoms with Gasteiger partial charge >= 0.3 is 24.3 Å². The van der Waals surface area contributed by atoms with Gasteiger partial charge in [0.05, 0.1) is 4.92 Å². The van der Waals surface area contributed by atoms with E-state index in [9.17, 15) is 46.0 Å². The van der Waals surface area contributed by atoms with Crippen LogP contribution in [0.2, 0.25) is 0 Å². The molecule has 0 radical (unpaired) electrons. The summed E-state index contributed by atoms with van der Waals surface area (Å²) in [6.07, 6.45) is -12.7. The SMILES string of the molecule is O=C(OCC(C(=O)O)(C(F)(F)F)C(F)(F)F)c1ccccc1[N+](=O)[O-]. The van der Waals surface area contributed by atoms with Crippen molar-refractivity contribution in [2.24, 2.45) is 5.41 Å². The number of alkyl halides is 6. The van der Waals surface area contributed by atoms with Crippen LogP contribution in [0.5, 0.6) is 0 Å². The first kappa shape index (κ1) is 20.2. The fourth-order valence-corrected chi connectivity index (χ4v) is 1.69. The maximum Gasteiger partial charge on any atom is 0.417 e. The Kier molecular flexibility index (Phi) is 5.30. The van der Waals surface area contributed by atoms with Gasteiger partial charge in [0.2, 0.25) is 0 Å². The van der Waals surface area contributed by atoms with Crippen molar-refractivity contribution in [2.75, 3.05) is 6.61 Å². The number of rotatable bonds is 5. The minimum absolute atomic E-state index is 0.726. The second kappa shape index (κ2) is 6.57. The average molecular weight is 375 g/mol. The molecule has 1 aromatic carbocycles. The summed E-state index contributed by atoms with van der Waals surface area (Å²) in [6, 6.07) is 3.61. The predicted octanol–water partition coefficient (Wildman–Crippen LogP) is 2.95. The lowest BCUT2D eigenvalue weighted by molar-refractivity contribution is -0.385. The average Bonchev–Trinajstić information content (AvgIpc) is 2.44. The summed E-state index contributed by atoms with van der Waals surface area (Å²) in [6.45, 7) is -2.64. The highest BCUT2D eigenvalue weighted by molar-refractivity contribution is 5.94. The highest BCUT2D eigenvalue weighted by Gasteiger charge is 2.77. The van der Waals surface area contributed by atoms with Crippen LogP contribution in [-0.4, -0.2) is 40.9 Å². The first-order valence-electron chi connectivity index (χ1n) is 6.03. The van der Waals surface area contributed by atoms with Gasteiger partial charge in [0, 0.05) is 6.07 Å². The first-order valence-corrected chi connectivity index (χ1v) is 6.03. The molecule has 0 aliphatic carbocycles. The summed E-state index contributed by atoms with van der Waals surface area (Å²) in [7, 11) is 0. The number of carbonyl (C=O) groups is 2. The van der Waals surface area contributed by atoms with Crippen molar-refractivity contribution in [3.8, 4) is 0 Å². The number of hydrogen-bond donors (Lipinski definition) is 1. The van der Waals surface area contributed by atoms with Crippen LogP contribution in [0.3, 0.4) is 0 Å². The van der Waals surface area contributed by atoms with Crippen LogP contribution in [0.15, 0.2) is 24.3 Å². The lowest BCUT2D eigenvalue weighted by Crippen LogP contribution is -2.58. The van der Waals surface area contributed by atoms with Crippen molar-refractivity contribution in [1.82, 2.24) is 0 Å². The minimum Gasteiger partial charge on any atom is -0.480 e. The summed E-state index contributed by atoms with van der Waals surface area (Å²) in [5.41, 5.74) is -7.25. The Morgan fingerprint density at radius 2 is 1.56 bits per heavy atom. The van der Waals surface area contributed by atoms with Crippen molar-refractivity contribution in [2.45, 2.75) is 12.4 Å². The van der Waals surface area contributed by atoms with Crippen LogP contribution < -0.4 is 0 Å². The molecule has 0 unspecified atom stereocenters. The number of hydrogen-bond acceptors (Lipinski definition) is 5. The molecule has 7 nitrogen and oxygen atoms in total. The molecular formula is C12H7F6NO6. The molecule has 0 heterocycles. The van der Waals surface area contributed by atoms with Crippen molar-refractivity contribution >= 4 is 17.6 Å². The third-order valence-corrected chi connectivity index (χ3v) is 3.07. The molecule has 0 saturated carbocycles. The van der Waals surface area contributed by atoms with E-state index in [0.717, 1.165) is 24.3 Å². The summed E-state index contributed by atoms with van der Waals surface area (Å²) in [4.78, 5) is 31.9. The number of aliphatic carboxylic acids is 1. The monoisotopic (exact) mass is 375 g/mol. The summed E-state index contributed by atoms with van der Waals surface area (Å²) < 4.78 is 80.5. The Morgan fingerprint density at radius 1 is 1.08 bits per heavy atom. The summed E-state index contributed by atoms with van der Waals surface area (Å²) >= 11 is 0. The number of carbonyl (C=O) groups excluding carboxylic acids is 1. The zero-order chi connectivity index (χ0) is 19.6. The molecule has 1 rings (SSSR count). The number of carboxylic acids is 1. The van der Waals surface area contributed by atoms with E-state index >= 15 is 0 Å². The molecule has 0 atom stereocenters. The molecule has 0 amide bonds. The Hall–Kier alpha value is -2.86. The van der Waals surface area contributed by atoms with Crippen molar-refractivity contribution in [3.63, 3.8) is 0 Å². The second-order valence-corrected chi connectivity index (χ2v) is 4.56. The highest BCUT2D eigenvalue weighted by atomic mass is 19.4. The highest BCUT2D eigenvalue weighted by Crippen LogP contribution is 2.50. The number of nitrogens with zero attached hydrogens (tertiary/aromatic N) is 1. The van der Waals surface area contributed by atoms with E-state index in [-0.39, 0.29) is 0 Å². The van der Waals surface area contributed by atoms with Gasteiger partial charge in [-0.3, -0.25) is 14.9 Å². The number of nitro benzene ring substituents is 1. The number of halogens is 6. The number of para-hydroxylation sites is 1. The zero-order valence-corrected chi connectivity index (χ0v) is 11.7. The van der Waals surface area contributed by atoms with Crippen LogP contribution in [0.25, 0.3) is 0 Å². The molecule has 1 aromatic rings. The van der Waals surface area contributed by atoms with Crippen molar-refractivity contribution in [3.05, 3.63) is 39.9 Å². The maximum absolute atomic E-state index is 12.8. The fourth-order valence-electron chi connectivity index (χ4n) is 1.69. The van der Waals surface area contributed by atoms with Gasteiger partial charge in [0.25, 0.3) is 11.1 Å². The topological polar surface area (TPSA) is 107 Å². The lowest BCUT2D eigenvalue weighted by Gasteiger charge is -2.32. The molecule has 0 aliphatic rings. The van der Waals surface area contributed by atoms with E-state index in [1.807, 2.05) is 0 Å². The van der Waals surface area contributed by atoms with Gasteiger partial charge in [0.1, 0.15) is 12.2 Å². The predicted molar refractivity (Wildman–Crippen MR) is 65.6 cm³/mol.